The van der Waals surface area contributed by atoms with Gasteiger partial charge in [-0.25, -0.2) is 27.8 Å². The predicted octanol–water partition coefficient (Wildman–Crippen LogP) is 2.00. The zero-order valence-corrected chi connectivity index (χ0v) is 9.49. The van der Waals surface area contributed by atoms with E-state index in [9.17, 15) is 22.0 Å². The number of aliphatic imine (C=N–C) groups is 1. The van der Waals surface area contributed by atoms with Gasteiger partial charge in [-0.05, 0) is 13.8 Å². The number of rotatable bonds is 2. The number of nitrogens with zero attached hydrogens (tertiary/aromatic N) is 1. The first-order valence-electron chi connectivity index (χ1n) is 4.87. The van der Waals surface area contributed by atoms with E-state index in [4.69, 9.17) is 5.84 Å². The van der Waals surface area contributed by atoms with Gasteiger partial charge in [0.1, 0.15) is 5.84 Å². The van der Waals surface area contributed by atoms with Crippen LogP contribution in [0.15, 0.2) is 4.99 Å². The molecule has 18 heavy (non-hydrogen) atoms. The average molecular weight is 267 g/mol. The molecule has 0 fully saturated rings. The second-order valence-corrected chi connectivity index (χ2v) is 3.66. The summed E-state index contributed by atoms with van der Waals surface area (Å²) in [5, 5.41) is 0. The Kier molecular flexibility index (Phi) is 4.23. The molecular formula is C10H10F5N3. The van der Waals surface area contributed by atoms with Crippen molar-refractivity contribution in [3.05, 3.63) is 34.6 Å². The molecule has 0 atom stereocenters. The maximum atomic E-state index is 13.4. The van der Waals surface area contributed by atoms with Crippen molar-refractivity contribution in [3.63, 3.8) is 0 Å². The van der Waals surface area contributed by atoms with Crippen molar-refractivity contribution in [2.24, 2.45) is 10.8 Å². The van der Waals surface area contributed by atoms with E-state index in [1.54, 1.807) is 13.8 Å². The summed E-state index contributed by atoms with van der Waals surface area (Å²) in [6, 6.07) is -0.453. The van der Waals surface area contributed by atoms with E-state index in [0.29, 0.717) is 0 Å². The fourth-order valence-electron chi connectivity index (χ4n) is 1.24. The standard InChI is InChI=1S/C10H10F5N3/c1-3(2)17-10(18-16)4-5(11)7(13)9(15)8(14)6(4)12/h3H,16H2,1-2H3,(H,17,18). The van der Waals surface area contributed by atoms with Gasteiger partial charge in [0.2, 0.25) is 5.82 Å². The number of amidine groups is 1. The van der Waals surface area contributed by atoms with Crippen molar-refractivity contribution >= 4 is 5.84 Å². The van der Waals surface area contributed by atoms with Crippen LogP contribution < -0.4 is 11.3 Å². The van der Waals surface area contributed by atoms with E-state index in [1.807, 2.05) is 5.43 Å². The first-order valence-corrected chi connectivity index (χ1v) is 4.87. The molecule has 0 spiro atoms. The highest BCUT2D eigenvalue weighted by Gasteiger charge is 2.28. The molecule has 3 N–H and O–H groups in total. The molecule has 0 saturated carbocycles. The van der Waals surface area contributed by atoms with Crippen LogP contribution in [0.25, 0.3) is 0 Å². The predicted molar refractivity (Wildman–Crippen MR) is 55.2 cm³/mol. The van der Waals surface area contributed by atoms with Crippen LogP contribution >= 0.6 is 0 Å². The minimum absolute atomic E-state index is 0.453. The zero-order chi connectivity index (χ0) is 14.0. The third-order valence-electron chi connectivity index (χ3n) is 1.97. The summed E-state index contributed by atoms with van der Waals surface area (Å²) in [5.74, 6) is -5.92. The summed E-state index contributed by atoms with van der Waals surface area (Å²) in [5.41, 5.74) is 0.641. The van der Waals surface area contributed by atoms with Crippen molar-refractivity contribution in [3.8, 4) is 0 Å². The molecular weight excluding hydrogens is 257 g/mol. The minimum atomic E-state index is -2.23. The molecule has 1 aromatic carbocycles. The van der Waals surface area contributed by atoms with Gasteiger partial charge in [-0.2, -0.15) is 0 Å². The summed E-state index contributed by atoms with van der Waals surface area (Å²) >= 11 is 0. The summed E-state index contributed by atoms with van der Waals surface area (Å²) in [7, 11) is 0. The summed E-state index contributed by atoms with van der Waals surface area (Å²) < 4.78 is 65.5. The molecule has 0 amide bonds. The maximum Gasteiger partial charge on any atom is 0.200 e. The number of hydrogen-bond acceptors (Lipinski definition) is 2. The molecule has 0 bridgehead atoms. The molecule has 8 heteroatoms. The van der Waals surface area contributed by atoms with E-state index in [0.717, 1.165) is 0 Å². The third-order valence-corrected chi connectivity index (χ3v) is 1.97. The Morgan fingerprint density at radius 1 is 0.944 bits per heavy atom. The highest BCUT2D eigenvalue weighted by molar-refractivity contribution is 5.99. The molecule has 0 radical (unpaired) electrons. The van der Waals surface area contributed by atoms with Crippen LogP contribution in [0.5, 0.6) is 0 Å². The van der Waals surface area contributed by atoms with Gasteiger partial charge in [0.25, 0.3) is 0 Å². The van der Waals surface area contributed by atoms with Crippen molar-refractivity contribution in [2.75, 3.05) is 0 Å². The maximum absolute atomic E-state index is 13.4. The fraction of sp³-hybridized carbons (Fsp3) is 0.300. The number of halogens is 5. The highest BCUT2D eigenvalue weighted by atomic mass is 19.2. The van der Waals surface area contributed by atoms with Crippen LogP contribution in [0.1, 0.15) is 19.4 Å². The fourth-order valence-corrected chi connectivity index (χ4v) is 1.24. The topological polar surface area (TPSA) is 50.4 Å². The van der Waals surface area contributed by atoms with Gasteiger partial charge in [-0.3, -0.25) is 4.99 Å². The Hall–Kier alpha value is -1.70. The molecule has 0 unspecified atom stereocenters. The molecule has 0 saturated heterocycles. The van der Waals surface area contributed by atoms with Gasteiger partial charge in [0.05, 0.1) is 5.56 Å². The minimum Gasteiger partial charge on any atom is -0.308 e. The summed E-state index contributed by atoms with van der Waals surface area (Å²) in [4.78, 5) is 3.64. The van der Waals surface area contributed by atoms with Gasteiger partial charge in [-0.15, -0.1) is 0 Å². The Morgan fingerprint density at radius 3 is 1.67 bits per heavy atom. The van der Waals surface area contributed by atoms with E-state index >= 15 is 0 Å². The van der Waals surface area contributed by atoms with Crippen LogP contribution in [-0.2, 0) is 0 Å². The van der Waals surface area contributed by atoms with Crippen molar-refractivity contribution in [1.29, 1.82) is 0 Å². The van der Waals surface area contributed by atoms with Crippen LogP contribution in [0, 0.1) is 29.1 Å². The lowest BCUT2D eigenvalue weighted by molar-refractivity contribution is 0.376. The zero-order valence-electron chi connectivity index (χ0n) is 9.49. The first kappa shape index (κ1) is 14.4. The Morgan fingerprint density at radius 2 is 1.33 bits per heavy atom. The second kappa shape index (κ2) is 5.30. The monoisotopic (exact) mass is 267 g/mol. The molecule has 3 nitrogen and oxygen atoms in total. The molecule has 0 heterocycles. The molecule has 1 rings (SSSR count). The van der Waals surface area contributed by atoms with Gasteiger partial charge < -0.3 is 5.43 Å². The lowest BCUT2D eigenvalue weighted by atomic mass is 10.1. The van der Waals surface area contributed by atoms with E-state index in [2.05, 4.69) is 4.99 Å². The summed E-state index contributed by atoms with van der Waals surface area (Å²) in [6.07, 6.45) is 0. The number of benzene rings is 1. The number of nitrogens with one attached hydrogen (secondary N) is 1. The third kappa shape index (κ3) is 2.42. The normalized spacial score (nSPS) is 12.2. The van der Waals surface area contributed by atoms with Crippen LogP contribution in [0.3, 0.4) is 0 Å². The SMILES string of the molecule is CC(C)N=C(NN)c1c(F)c(F)c(F)c(F)c1F. The van der Waals surface area contributed by atoms with Crippen LogP contribution in [-0.4, -0.2) is 11.9 Å². The lowest BCUT2D eigenvalue weighted by Gasteiger charge is -2.11. The van der Waals surface area contributed by atoms with E-state index < -0.39 is 46.5 Å². The van der Waals surface area contributed by atoms with Crippen molar-refractivity contribution < 1.29 is 22.0 Å². The van der Waals surface area contributed by atoms with E-state index in [-0.39, 0.29) is 0 Å². The van der Waals surface area contributed by atoms with Gasteiger partial charge in [-0.1, -0.05) is 0 Å². The second-order valence-electron chi connectivity index (χ2n) is 3.66. The molecule has 0 aliphatic rings. The molecule has 1 aromatic rings. The lowest BCUT2D eigenvalue weighted by Crippen LogP contribution is -2.34. The largest absolute Gasteiger partial charge is 0.308 e. The number of nitrogens with two attached hydrogens (primary N) is 1. The van der Waals surface area contributed by atoms with Gasteiger partial charge in [0, 0.05) is 6.04 Å². The molecule has 0 aliphatic heterocycles. The molecule has 0 aliphatic carbocycles. The van der Waals surface area contributed by atoms with Gasteiger partial charge in [0.15, 0.2) is 23.3 Å². The van der Waals surface area contributed by atoms with Crippen molar-refractivity contribution in [2.45, 2.75) is 19.9 Å². The smallest absolute Gasteiger partial charge is 0.200 e. The molecule has 0 aromatic heterocycles. The Bertz CT molecular complexity index is 470. The van der Waals surface area contributed by atoms with Crippen molar-refractivity contribution in [1.82, 2.24) is 5.43 Å². The number of hydrogen-bond donors (Lipinski definition) is 2. The Balaban J connectivity index is 3.59. The quantitative estimate of drug-likeness (QED) is 0.164. The summed E-state index contributed by atoms with van der Waals surface area (Å²) in [6.45, 7) is 3.09. The van der Waals surface area contributed by atoms with Crippen LogP contribution in [0.4, 0.5) is 22.0 Å². The van der Waals surface area contributed by atoms with E-state index in [1.165, 1.54) is 0 Å². The van der Waals surface area contributed by atoms with Gasteiger partial charge >= 0.3 is 0 Å². The average Bonchev–Trinajstić information content (AvgIpc) is 2.32. The highest BCUT2D eigenvalue weighted by Crippen LogP contribution is 2.23. The Labute approximate surface area is 99.5 Å². The first-order chi connectivity index (χ1) is 8.31. The number of hydrazine groups is 1. The van der Waals surface area contributed by atoms with Crippen LogP contribution in [0.2, 0.25) is 0 Å². The molecule has 100 valence electrons.